The van der Waals surface area contributed by atoms with Gasteiger partial charge in [-0.15, -0.1) is 11.3 Å². The molecule has 0 aliphatic rings. The normalized spacial score (nSPS) is 10.8. The summed E-state index contributed by atoms with van der Waals surface area (Å²) in [6, 6.07) is 7.41. The molecule has 0 aliphatic heterocycles. The van der Waals surface area contributed by atoms with E-state index in [1.165, 1.54) is 11.3 Å². The smallest absolute Gasteiger partial charge is 0.169 e. The number of fused-ring (bicyclic) bond motifs is 1. The van der Waals surface area contributed by atoms with Gasteiger partial charge in [-0.3, -0.25) is 0 Å². The summed E-state index contributed by atoms with van der Waals surface area (Å²) >= 11 is 11.1. The van der Waals surface area contributed by atoms with E-state index in [9.17, 15) is 0 Å². The zero-order chi connectivity index (χ0) is 14.8. The van der Waals surface area contributed by atoms with Crippen LogP contribution in [0.5, 0.6) is 11.5 Å². The molecule has 0 atom stereocenters. The number of hydrogen-bond acceptors (Lipinski definition) is 5. The zero-order valence-corrected chi connectivity index (χ0v) is 14.1. The van der Waals surface area contributed by atoms with Gasteiger partial charge in [0.05, 0.1) is 11.6 Å². The number of benzene rings is 1. The fourth-order valence-electron chi connectivity index (χ4n) is 1.79. The lowest BCUT2D eigenvalue weighted by atomic mass is 10.3. The van der Waals surface area contributed by atoms with Crippen LogP contribution in [0.1, 0.15) is 5.82 Å². The highest BCUT2D eigenvalue weighted by molar-refractivity contribution is 9.10. The Labute approximate surface area is 138 Å². The van der Waals surface area contributed by atoms with Crippen LogP contribution in [0.2, 0.25) is 5.15 Å². The van der Waals surface area contributed by atoms with Crippen LogP contribution in [-0.2, 0) is 6.61 Å². The lowest BCUT2D eigenvalue weighted by molar-refractivity contribution is 0.294. The third-order valence-electron chi connectivity index (χ3n) is 2.82. The van der Waals surface area contributed by atoms with Crippen LogP contribution >= 0.6 is 38.9 Å². The third kappa shape index (κ3) is 3.12. The van der Waals surface area contributed by atoms with Gasteiger partial charge in [0.1, 0.15) is 28.1 Å². The second kappa shape index (κ2) is 6.17. The SMILES string of the molecule is COc1ccc(OCc2nc(Cl)c3ccsc3n2)c(Br)c1. The molecule has 21 heavy (non-hydrogen) atoms. The summed E-state index contributed by atoms with van der Waals surface area (Å²) < 4.78 is 11.7. The van der Waals surface area contributed by atoms with Crippen LogP contribution in [0.3, 0.4) is 0 Å². The minimum Gasteiger partial charge on any atom is -0.497 e. The molecule has 0 bridgehead atoms. The van der Waals surface area contributed by atoms with E-state index >= 15 is 0 Å². The van der Waals surface area contributed by atoms with Gasteiger partial charge in [-0.25, -0.2) is 9.97 Å². The molecular formula is C14H10BrClN2O2S. The predicted octanol–water partition coefficient (Wildman–Crippen LogP) is 4.69. The maximum Gasteiger partial charge on any atom is 0.169 e. The van der Waals surface area contributed by atoms with Crippen LogP contribution in [0.25, 0.3) is 10.2 Å². The molecule has 0 spiro atoms. The second-order valence-corrected chi connectivity index (χ2v) is 6.26. The van der Waals surface area contributed by atoms with Gasteiger partial charge in [0.25, 0.3) is 0 Å². The molecule has 108 valence electrons. The van der Waals surface area contributed by atoms with Crippen molar-refractivity contribution >= 4 is 49.1 Å². The first-order valence-electron chi connectivity index (χ1n) is 6.03. The van der Waals surface area contributed by atoms with E-state index < -0.39 is 0 Å². The van der Waals surface area contributed by atoms with E-state index in [2.05, 4.69) is 25.9 Å². The molecule has 0 unspecified atom stereocenters. The van der Waals surface area contributed by atoms with Crippen LogP contribution < -0.4 is 9.47 Å². The molecule has 0 radical (unpaired) electrons. The zero-order valence-electron chi connectivity index (χ0n) is 11.0. The van der Waals surface area contributed by atoms with Gasteiger partial charge in [-0.2, -0.15) is 0 Å². The summed E-state index contributed by atoms with van der Waals surface area (Å²) in [5, 5.41) is 3.26. The number of ether oxygens (including phenoxy) is 2. The number of hydrogen-bond donors (Lipinski definition) is 0. The topological polar surface area (TPSA) is 44.2 Å². The van der Waals surface area contributed by atoms with Crippen LogP contribution in [-0.4, -0.2) is 17.1 Å². The first-order chi connectivity index (χ1) is 10.2. The van der Waals surface area contributed by atoms with E-state index in [4.69, 9.17) is 21.1 Å². The van der Waals surface area contributed by atoms with Gasteiger partial charge >= 0.3 is 0 Å². The maximum absolute atomic E-state index is 6.13. The predicted molar refractivity (Wildman–Crippen MR) is 87.5 cm³/mol. The van der Waals surface area contributed by atoms with Gasteiger partial charge in [0.2, 0.25) is 0 Å². The molecule has 3 rings (SSSR count). The largest absolute Gasteiger partial charge is 0.497 e. The molecule has 7 heteroatoms. The van der Waals surface area contributed by atoms with Gasteiger partial charge in [-0.05, 0) is 45.6 Å². The summed E-state index contributed by atoms with van der Waals surface area (Å²) in [6.07, 6.45) is 0. The molecule has 1 aromatic carbocycles. The van der Waals surface area contributed by atoms with E-state index in [1.807, 2.05) is 29.6 Å². The van der Waals surface area contributed by atoms with Crippen molar-refractivity contribution in [2.24, 2.45) is 0 Å². The average Bonchev–Trinajstić information content (AvgIpc) is 2.95. The van der Waals surface area contributed by atoms with Crippen molar-refractivity contribution in [3.8, 4) is 11.5 Å². The Morgan fingerprint density at radius 2 is 2.14 bits per heavy atom. The Morgan fingerprint density at radius 1 is 1.29 bits per heavy atom. The fourth-order valence-corrected chi connectivity index (χ4v) is 3.35. The second-order valence-electron chi connectivity index (χ2n) is 4.16. The Kier molecular flexibility index (Phi) is 4.28. The van der Waals surface area contributed by atoms with Gasteiger partial charge in [0, 0.05) is 5.39 Å². The first-order valence-corrected chi connectivity index (χ1v) is 8.08. The molecule has 0 saturated carbocycles. The molecule has 0 aliphatic carbocycles. The number of nitrogens with zero attached hydrogens (tertiary/aromatic N) is 2. The number of methoxy groups -OCH3 is 1. The van der Waals surface area contributed by atoms with Crippen molar-refractivity contribution < 1.29 is 9.47 Å². The van der Waals surface area contributed by atoms with Crippen molar-refractivity contribution in [1.82, 2.24) is 9.97 Å². The van der Waals surface area contributed by atoms with Crippen molar-refractivity contribution in [3.63, 3.8) is 0 Å². The summed E-state index contributed by atoms with van der Waals surface area (Å²) in [5.41, 5.74) is 0. The molecule has 0 N–H and O–H groups in total. The molecule has 0 saturated heterocycles. The Morgan fingerprint density at radius 3 is 2.90 bits per heavy atom. The number of thiophene rings is 1. The lowest BCUT2D eigenvalue weighted by Gasteiger charge is -2.09. The van der Waals surface area contributed by atoms with Gasteiger partial charge in [0.15, 0.2) is 5.82 Å². The molecule has 0 amide bonds. The Balaban J connectivity index is 1.80. The van der Waals surface area contributed by atoms with E-state index in [0.717, 1.165) is 20.4 Å². The van der Waals surface area contributed by atoms with E-state index in [0.29, 0.717) is 16.7 Å². The summed E-state index contributed by atoms with van der Waals surface area (Å²) in [7, 11) is 1.62. The minimum absolute atomic E-state index is 0.249. The number of halogens is 2. The van der Waals surface area contributed by atoms with Gasteiger partial charge < -0.3 is 9.47 Å². The summed E-state index contributed by atoms with van der Waals surface area (Å²) in [4.78, 5) is 9.54. The van der Waals surface area contributed by atoms with Crippen molar-refractivity contribution in [2.45, 2.75) is 6.61 Å². The monoisotopic (exact) mass is 384 g/mol. The summed E-state index contributed by atoms with van der Waals surface area (Å²) in [5.74, 6) is 2.01. The van der Waals surface area contributed by atoms with Gasteiger partial charge in [-0.1, -0.05) is 11.6 Å². The molecular weight excluding hydrogens is 376 g/mol. The molecule has 2 aromatic heterocycles. The van der Waals surface area contributed by atoms with E-state index in [1.54, 1.807) is 7.11 Å². The van der Waals surface area contributed by atoms with Crippen LogP contribution in [0.4, 0.5) is 0 Å². The lowest BCUT2D eigenvalue weighted by Crippen LogP contribution is -2.02. The highest BCUT2D eigenvalue weighted by Crippen LogP contribution is 2.30. The first kappa shape index (κ1) is 14.6. The highest BCUT2D eigenvalue weighted by Gasteiger charge is 2.09. The Hall–Kier alpha value is -1.37. The van der Waals surface area contributed by atoms with Crippen molar-refractivity contribution in [1.29, 1.82) is 0 Å². The van der Waals surface area contributed by atoms with Crippen molar-refractivity contribution in [2.75, 3.05) is 7.11 Å². The molecule has 0 fully saturated rings. The maximum atomic E-state index is 6.13. The van der Waals surface area contributed by atoms with Crippen molar-refractivity contribution in [3.05, 3.63) is 45.1 Å². The van der Waals surface area contributed by atoms with Crippen LogP contribution in [0.15, 0.2) is 34.1 Å². The average molecular weight is 386 g/mol. The molecule has 4 nitrogen and oxygen atoms in total. The quantitative estimate of drug-likeness (QED) is 0.611. The highest BCUT2D eigenvalue weighted by atomic mass is 79.9. The number of rotatable bonds is 4. The summed E-state index contributed by atoms with van der Waals surface area (Å²) in [6.45, 7) is 0.249. The Bertz CT molecular complexity index is 794. The third-order valence-corrected chi connectivity index (χ3v) is 4.54. The molecule has 3 aromatic rings. The molecule has 2 heterocycles. The minimum atomic E-state index is 0.249. The van der Waals surface area contributed by atoms with E-state index in [-0.39, 0.29) is 6.61 Å². The standard InChI is InChI=1S/C14H10BrClN2O2S/c1-19-8-2-3-11(10(15)6-8)20-7-12-17-13(16)9-4-5-21-14(9)18-12/h2-6H,7H2,1H3. The fraction of sp³-hybridized carbons (Fsp3) is 0.143. The van der Waals surface area contributed by atoms with Crippen LogP contribution in [0, 0.1) is 0 Å². The number of aromatic nitrogens is 2.